The number of ketones is 1. The number of carbonyl (C=O) groups excluding carboxylic acids is 1. The smallest absolute Gasteiger partial charge is 0.298 e. The summed E-state index contributed by atoms with van der Waals surface area (Å²) in [5, 5.41) is 0. The molecule has 1 N–H and O–H groups in total. The second-order valence-electron chi connectivity index (χ2n) is 6.53. The Bertz CT molecular complexity index is 655. The first kappa shape index (κ1) is 19.5. The predicted octanol–water partition coefficient (Wildman–Crippen LogP) is 4.30. The highest BCUT2D eigenvalue weighted by atomic mass is 32.3. The van der Waals surface area contributed by atoms with Crippen LogP contribution in [0, 0.1) is 12.8 Å². The zero-order valence-corrected chi connectivity index (χ0v) is 16.5. The van der Waals surface area contributed by atoms with Crippen LogP contribution in [-0.2, 0) is 14.9 Å². The average molecular weight is 374 g/mol. The number of rotatable bonds is 8. The van der Waals surface area contributed by atoms with E-state index in [2.05, 4.69) is 3.63 Å². The standard InChI is InChI=1S/C18H28O4S2/c1-4-23(5-2,14-18(19)16-8-6-7-9-16)22-24(20,21)17-12-10-15(3)11-13-17/h10-13,16H,4-9,14H2,1-3H3/p+1. The molecule has 1 aromatic carbocycles. The van der Waals surface area contributed by atoms with Gasteiger partial charge in [0.05, 0.1) is 5.75 Å². The summed E-state index contributed by atoms with van der Waals surface area (Å²) in [6.45, 7) is 5.82. The Labute approximate surface area is 147 Å². The van der Waals surface area contributed by atoms with Gasteiger partial charge in [-0.25, -0.2) is 0 Å². The normalized spacial score (nSPS) is 17.1. The van der Waals surface area contributed by atoms with Gasteiger partial charge in [-0.05, 0) is 42.2 Å². The molecule has 0 spiro atoms. The third kappa shape index (κ3) is 4.61. The van der Waals surface area contributed by atoms with Crippen molar-refractivity contribution in [2.75, 3.05) is 17.3 Å². The minimum absolute atomic E-state index is 0.118. The van der Waals surface area contributed by atoms with Gasteiger partial charge in [-0.15, -0.1) is 8.42 Å². The van der Waals surface area contributed by atoms with Crippen molar-refractivity contribution >= 4 is 26.2 Å². The van der Waals surface area contributed by atoms with Crippen LogP contribution in [0.3, 0.4) is 0 Å². The molecule has 0 aromatic heterocycles. The molecule has 0 unspecified atom stereocenters. The van der Waals surface area contributed by atoms with Crippen LogP contribution in [0.1, 0.15) is 45.1 Å². The van der Waals surface area contributed by atoms with Gasteiger partial charge in [0.15, 0.2) is 5.78 Å². The van der Waals surface area contributed by atoms with E-state index in [1.54, 1.807) is 24.3 Å². The van der Waals surface area contributed by atoms with E-state index in [-0.39, 0.29) is 16.6 Å². The molecule has 0 heterocycles. The lowest BCUT2D eigenvalue weighted by Gasteiger charge is -2.32. The molecule has 1 fully saturated rings. The SMILES string of the molecule is CCS(CC)(CC(=O)C1CCCC1)[OH+]S(=O)(=O)c1ccc(C)cc1. The van der Waals surface area contributed by atoms with Crippen LogP contribution in [0.15, 0.2) is 29.2 Å². The van der Waals surface area contributed by atoms with Crippen LogP contribution in [0.4, 0.5) is 0 Å². The topological polar surface area (TPSA) is 64.0 Å². The highest BCUT2D eigenvalue weighted by molar-refractivity contribution is 8.32. The molecule has 1 saturated carbocycles. The molecular formula is C18H29O4S2+. The van der Waals surface area contributed by atoms with Gasteiger partial charge in [0, 0.05) is 17.4 Å². The van der Waals surface area contributed by atoms with Gasteiger partial charge in [0.2, 0.25) is 0 Å². The zero-order chi connectivity index (χ0) is 17.8. The Morgan fingerprint density at radius 2 is 1.62 bits per heavy atom. The summed E-state index contributed by atoms with van der Waals surface area (Å²) in [6.07, 6.45) is 4.12. The Hall–Kier alpha value is -0.850. The number of Topliss-reactive ketones (excluding diaryl/α,β-unsaturated/α-hetero) is 1. The maximum atomic E-state index is 12.7. The molecule has 1 aliphatic rings. The van der Waals surface area contributed by atoms with E-state index in [4.69, 9.17) is 0 Å². The fourth-order valence-corrected chi connectivity index (χ4v) is 8.26. The minimum Gasteiger partial charge on any atom is -0.298 e. The monoisotopic (exact) mass is 373 g/mol. The Morgan fingerprint density at radius 1 is 1.08 bits per heavy atom. The first-order chi connectivity index (χ1) is 11.3. The minimum atomic E-state index is -3.72. The largest absolute Gasteiger partial charge is 0.421 e. The van der Waals surface area contributed by atoms with Gasteiger partial charge in [-0.3, -0.25) is 8.42 Å². The van der Waals surface area contributed by atoms with Crippen LogP contribution >= 0.6 is 10.3 Å². The molecule has 0 radical (unpaired) electrons. The molecule has 6 heteroatoms. The Balaban J connectivity index is 2.19. The number of carbonyl (C=O) groups is 1. The molecule has 0 bridgehead atoms. The van der Waals surface area contributed by atoms with E-state index in [1.807, 2.05) is 20.8 Å². The van der Waals surface area contributed by atoms with Gasteiger partial charge in [0.25, 0.3) is 0 Å². The quantitative estimate of drug-likeness (QED) is 0.504. The van der Waals surface area contributed by atoms with Gasteiger partial charge < -0.3 is 0 Å². The first-order valence-corrected chi connectivity index (χ1v) is 12.2. The van der Waals surface area contributed by atoms with E-state index < -0.39 is 20.4 Å². The second-order valence-corrected chi connectivity index (χ2v) is 12.0. The Kier molecular flexibility index (Phi) is 6.51. The fourth-order valence-electron chi connectivity index (χ4n) is 3.13. The van der Waals surface area contributed by atoms with Crippen LogP contribution in [0.5, 0.6) is 0 Å². The van der Waals surface area contributed by atoms with E-state index in [0.717, 1.165) is 31.2 Å². The zero-order valence-electron chi connectivity index (χ0n) is 14.8. The van der Waals surface area contributed by atoms with Crippen molar-refractivity contribution in [3.63, 3.8) is 0 Å². The van der Waals surface area contributed by atoms with Crippen LogP contribution in [0.25, 0.3) is 0 Å². The molecule has 0 aliphatic heterocycles. The van der Waals surface area contributed by atoms with Crippen molar-refractivity contribution < 1.29 is 16.8 Å². The number of hydrogen-bond acceptors (Lipinski definition) is 3. The molecule has 2 rings (SSSR count). The molecule has 24 heavy (non-hydrogen) atoms. The van der Waals surface area contributed by atoms with Crippen molar-refractivity contribution in [2.45, 2.75) is 51.3 Å². The molecule has 4 nitrogen and oxygen atoms in total. The maximum Gasteiger partial charge on any atom is 0.421 e. The highest BCUT2D eigenvalue weighted by Gasteiger charge is 2.38. The highest BCUT2D eigenvalue weighted by Crippen LogP contribution is 2.49. The van der Waals surface area contributed by atoms with Gasteiger partial charge in [0.1, 0.15) is 4.90 Å². The fraction of sp³-hybridized carbons (Fsp3) is 0.611. The summed E-state index contributed by atoms with van der Waals surface area (Å²) < 4.78 is 29.8. The third-order valence-electron chi connectivity index (χ3n) is 4.87. The summed E-state index contributed by atoms with van der Waals surface area (Å²) in [4.78, 5) is 12.8. The number of aryl methyl sites for hydroxylation is 1. The lowest BCUT2D eigenvalue weighted by molar-refractivity contribution is -0.120. The predicted molar refractivity (Wildman–Crippen MR) is 101 cm³/mol. The summed E-state index contributed by atoms with van der Waals surface area (Å²) in [5.41, 5.74) is 1.01. The van der Waals surface area contributed by atoms with Crippen molar-refractivity contribution in [3.05, 3.63) is 29.8 Å². The van der Waals surface area contributed by atoms with Crippen LogP contribution in [-0.4, -0.2) is 35.1 Å². The first-order valence-electron chi connectivity index (χ1n) is 8.67. The summed E-state index contributed by atoms with van der Waals surface area (Å²) in [5.74, 6) is 1.91. The van der Waals surface area contributed by atoms with Gasteiger partial charge >= 0.3 is 10.1 Å². The van der Waals surface area contributed by atoms with E-state index in [0.29, 0.717) is 17.3 Å². The third-order valence-corrected chi connectivity index (χ3v) is 10.8. The number of hydrogen-bond donors (Lipinski definition) is 0. The number of benzene rings is 1. The van der Waals surface area contributed by atoms with Crippen LogP contribution < -0.4 is 0 Å². The van der Waals surface area contributed by atoms with Crippen molar-refractivity contribution in [1.82, 2.24) is 0 Å². The van der Waals surface area contributed by atoms with E-state index in [9.17, 15) is 13.2 Å². The summed E-state index contributed by atoms with van der Waals surface area (Å²) in [7, 11) is -5.56. The molecule has 136 valence electrons. The van der Waals surface area contributed by atoms with Crippen molar-refractivity contribution in [1.29, 1.82) is 0 Å². The molecule has 0 atom stereocenters. The van der Waals surface area contributed by atoms with Crippen LogP contribution in [0.2, 0.25) is 0 Å². The summed E-state index contributed by atoms with van der Waals surface area (Å²) in [6, 6.07) is 6.76. The van der Waals surface area contributed by atoms with Crippen molar-refractivity contribution in [2.24, 2.45) is 5.92 Å². The molecule has 0 amide bonds. The molecular weight excluding hydrogens is 344 g/mol. The Morgan fingerprint density at radius 3 is 2.12 bits per heavy atom. The molecule has 1 aliphatic carbocycles. The maximum absolute atomic E-state index is 12.7. The van der Waals surface area contributed by atoms with Gasteiger partial charge in [-0.1, -0.05) is 44.4 Å². The lowest BCUT2D eigenvalue weighted by Crippen LogP contribution is -2.29. The summed E-state index contributed by atoms with van der Waals surface area (Å²) >= 11 is 0. The van der Waals surface area contributed by atoms with E-state index >= 15 is 0 Å². The lowest BCUT2D eigenvalue weighted by atomic mass is 10.0. The second kappa shape index (κ2) is 8.02. The average Bonchev–Trinajstić information content (AvgIpc) is 3.09. The molecule has 1 aromatic rings. The van der Waals surface area contributed by atoms with Gasteiger partial charge in [-0.2, -0.15) is 0 Å². The molecule has 0 saturated heterocycles. The van der Waals surface area contributed by atoms with Crippen molar-refractivity contribution in [3.8, 4) is 0 Å². The van der Waals surface area contributed by atoms with E-state index in [1.165, 1.54) is 0 Å².